The molecule has 2 aromatic carbocycles. The first kappa shape index (κ1) is 27.5. The van der Waals surface area contributed by atoms with E-state index in [-0.39, 0.29) is 44.3 Å². The summed E-state index contributed by atoms with van der Waals surface area (Å²) in [7, 11) is 1.60. The molecule has 11 heteroatoms. The van der Waals surface area contributed by atoms with Gasteiger partial charge in [-0.3, -0.25) is 9.59 Å². The molecule has 0 bridgehead atoms. The monoisotopic (exact) mass is 530 g/mol. The van der Waals surface area contributed by atoms with Crippen molar-refractivity contribution in [2.75, 3.05) is 57.4 Å². The van der Waals surface area contributed by atoms with Crippen molar-refractivity contribution in [3.05, 3.63) is 47.5 Å². The molecule has 11 nitrogen and oxygen atoms in total. The molecular formula is C27H35N3O8. The quantitative estimate of drug-likeness (QED) is 0.256. The fourth-order valence-corrected chi connectivity index (χ4v) is 4.20. The molecule has 0 aromatic heterocycles. The maximum absolute atomic E-state index is 12.4. The molecular weight excluding hydrogens is 494 g/mol. The zero-order valence-corrected chi connectivity index (χ0v) is 21.6. The van der Waals surface area contributed by atoms with Crippen molar-refractivity contribution in [3.63, 3.8) is 0 Å². The smallest absolute Gasteiger partial charge is 0.404 e. The molecule has 0 saturated heterocycles. The Morgan fingerprint density at radius 2 is 1.66 bits per heavy atom. The number of carbonyl (C=O) groups excluding carboxylic acids is 3. The summed E-state index contributed by atoms with van der Waals surface area (Å²) in [4.78, 5) is 36.4. The van der Waals surface area contributed by atoms with Crippen LogP contribution in [-0.2, 0) is 28.5 Å². The third kappa shape index (κ3) is 8.25. The molecule has 5 N–H and O–H groups in total. The molecule has 0 saturated carbocycles. The molecule has 0 fully saturated rings. The normalized spacial score (nSPS) is 14.6. The molecule has 0 spiro atoms. The van der Waals surface area contributed by atoms with Gasteiger partial charge >= 0.3 is 6.09 Å². The first-order chi connectivity index (χ1) is 18.9. The van der Waals surface area contributed by atoms with Crippen LogP contribution >= 0.6 is 0 Å². The van der Waals surface area contributed by atoms with E-state index in [4.69, 9.17) is 25.5 Å². The Kier molecular flexibility index (Phi) is 10.5. The van der Waals surface area contributed by atoms with Crippen LogP contribution in [0.3, 0.4) is 0 Å². The molecule has 2 aromatic rings. The summed E-state index contributed by atoms with van der Waals surface area (Å²) in [5.41, 5.74) is 6.24. The summed E-state index contributed by atoms with van der Waals surface area (Å²) in [5.74, 6) is -1.04. The van der Waals surface area contributed by atoms with E-state index in [9.17, 15) is 14.4 Å². The van der Waals surface area contributed by atoms with E-state index >= 15 is 0 Å². The minimum absolute atomic E-state index is 0.0239. The lowest BCUT2D eigenvalue weighted by Gasteiger charge is -2.15. The number of primary amides is 1. The highest BCUT2D eigenvalue weighted by molar-refractivity contribution is 5.94. The molecule has 3 rings (SSSR count). The van der Waals surface area contributed by atoms with E-state index in [2.05, 4.69) is 10.6 Å². The maximum atomic E-state index is 12.4. The van der Waals surface area contributed by atoms with Gasteiger partial charge in [-0.15, -0.1) is 0 Å². The predicted molar refractivity (Wildman–Crippen MR) is 141 cm³/mol. The minimum Gasteiger partial charge on any atom is -0.449 e. The Balaban J connectivity index is 1.74. The Hall–Kier alpha value is -3.51. The number of benzene rings is 2. The van der Waals surface area contributed by atoms with Crippen molar-refractivity contribution in [1.82, 2.24) is 0 Å². The van der Waals surface area contributed by atoms with Crippen LogP contribution in [0.4, 0.5) is 16.2 Å². The molecule has 38 heavy (non-hydrogen) atoms. The van der Waals surface area contributed by atoms with Crippen molar-refractivity contribution in [3.8, 4) is 11.1 Å². The van der Waals surface area contributed by atoms with E-state index in [0.29, 0.717) is 37.4 Å². The second-order valence-corrected chi connectivity index (χ2v) is 8.88. The van der Waals surface area contributed by atoms with E-state index in [1.54, 1.807) is 31.9 Å². The average Bonchev–Trinajstić information content (AvgIpc) is 3.22. The summed E-state index contributed by atoms with van der Waals surface area (Å²) in [5, 5.41) is 14.6. The lowest BCUT2D eigenvalue weighted by atomic mass is 9.97. The highest BCUT2D eigenvalue weighted by atomic mass is 16.5. The van der Waals surface area contributed by atoms with Crippen LogP contribution in [0, 0.1) is 0 Å². The molecule has 0 heterocycles. The Labute approximate surface area is 223 Å². The van der Waals surface area contributed by atoms with Gasteiger partial charge in [-0.1, -0.05) is 12.1 Å². The molecule has 0 aliphatic heterocycles. The number of methoxy groups -OCH3 is 1. The number of fused-ring (bicyclic) bond motifs is 3. The van der Waals surface area contributed by atoms with Gasteiger partial charge in [0.05, 0.1) is 6.10 Å². The van der Waals surface area contributed by atoms with Crippen molar-refractivity contribution in [2.45, 2.75) is 31.8 Å². The molecule has 1 aliphatic carbocycles. The van der Waals surface area contributed by atoms with Gasteiger partial charge in [0.25, 0.3) is 0 Å². The summed E-state index contributed by atoms with van der Waals surface area (Å²) >= 11 is 0. The van der Waals surface area contributed by atoms with Crippen molar-refractivity contribution in [2.24, 2.45) is 5.73 Å². The molecule has 2 atom stereocenters. The Morgan fingerprint density at radius 3 is 2.24 bits per heavy atom. The molecule has 206 valence electrons. The highest BCUT2D eigenvalue weighted by Gasteiger charge is 2.30. The lowest BCUT2D eigenvalue weighted by Crippen LogP contribution is -2.22. The van der Waals surface area contributed by atoms with Gasteiger partial charge in [0.1, 0.15) is 19.8 Å². The summed E-state index contributed by atoms with van der Waals surface area (Å²) in [6.07, 6.45) is -0.0234. The van der Waals surface area contributed by atoms with Crippen LogP contribution < -0.4 is 16.4 Å². The second kappa shape index (κ2) is 14.4. The molecule has 3 amide bonds. The summed E-state index contributed by atoms with van der Waals surface area (Å²) < 4.78 is 28.0. The predicted octanol–water partition coefficient (Wildman–Crippen LogP) is 2.61. The largest absolute Gasteiger partial charge is 0.449 e. The van der Waals surface area contributed by atoms with E-state index in [1.807, 2.05) is 24.3 Å². The number of rotatable bonds is 15. The number of aliphatic hydroxyl groups excluding tert-OH is 1. The van der Waals surface area contributed by atoms with E-state index in [1.165, 1.54) is 0 Å². The van der Waals surface area contributed by atoms with Crippen LogP contribution in [0.2, 0.25) is 1.41 Å². The fourth-order valence-electron chi connectivity index (χ4n) is 4.20. The zero-order chi connectivity index (χ0) is 28.2. The maximum Gasteiger partial charge on any atom is 0.404 e. The molecule has 2 unspecified atom stereocenters. The van der Waals surface area contributed by atoms with Crippen molar-refractivity contribution >= 4 is 29.3 Å². The van der Waals surface area contributed by atoms with Crippen molar-refractivity contribution < 1.29 is 39.8 Å². The standard InChI is InChI=1S/C27H35N3O8/c1-17(8-9-31)37-16-26(33)30-19-5-7-21-20-6-4-18(29-25(32)15-36-11-3-10-35-2)12-22(20)24(23(21)13-19)14-38-27(28)34/h4-7,12-13,17,24,31H,3,8-11,14-16H2,1-2H3,(H2,28,34)(H,29,32)(H,30,33)/i/hD. The van der Waals surface area contributed by atoms with Crippen LogP contribution in [0.25, 0.3) is 11.1 Å². The number of hydrogen-bond acceptors (Lipinski definition) is 8. The number of nitrogens with two attached hydrogens (primary N) is 1. The van der Waals surface area contributed by atoms with Crippen LogP contribution in [0.1, 0.15) is 36.8 Å². The van der Waals surface area contributed by atoms with E-state index in [0.717, 1.165) is 22.3 Å². The van der Waals surface area contributed by atoms with Gasteiger partial charge < -0.3 is 40.4 Å². The number of amides is 3. The van der Waals surface area contributed by atoms with Crippen LogP contribution in [0.5, 0.6) is 0 Å². The Bertz CT molecular complexity index is 1150. The number of anilines is 2. The third-order valence-corrected chi connectivity index (χ3v) is 6.00. The number of ether oxygens (including phenoxy) is 4. The van der Waals surface area contributed by atoms with Gasteiger partial charge in [0.2, 0.25) is 11.8 Å². The summed E-state index contributed by atoms with van der Waals surface area (Å²) in [6, 6.07) is 10.9. The molecule has 0 radical (unpaired) electrons. The Morgan fingerprint density at radius 1 is 1.03 bits per heavy atom. The van der Waals surface area contributed by atoms with Gasteiger partial charge in [-0.2, -0.15) is 0 Å². The van der Waals surface area contributed by atoms with Crippen LogP contribution in [0.15, 0.2) is 36.4 Å². The third-order valence-electron chi connectivity index (χ3n) is 6.00. The average molecular weight is 531 g/mol. The fraction of sp³-hybridized carbons (Fsp3) is 0.444. The first-order valence-electron chi connectivity index (χ1n) is 12.9. The van der Waals surface area contributed by atoms with Gasteiger partial charge in [0.15, 0.2) is 1.41 Å². The van der Waals surface area contributed by atoms with Gasteiger partial charge in [-0.05, 0) is 66.3 Å². The van der Waals surface area contributed by atoms with Crippen LogP contribution in [-0.4, -0.2) is 75.9 Å². The number of aliphatic hydroxyl groups is 1. The minimum atomic E-state index is -0.890. The SMILES string of the molecule is [2H]NC(=O)OCC1c2cc(NC(=O)COCCCOC)ccc2-c2ccc(NC(=O)COC(C)CCO)cc21. The lowest BCUT2D eigenvalue weighted by molar-refractivity contribution is -0.122. The first-order valence-corrected chi connectivity index (χ1v) is 12.4. The van der Waals surface area contributed by atoms with E-state index < -0.39 is 12.0 Å². The second-order valence-electron chi connectivity index (χ2n) is 8.88. The zero-order valence-electron chi connectivity index (χ0n) is 22.6. The summed E-state index contributed by atoms with van der Waals surface area (Å²) in [6.45, 7) is 2.41. The molecule has 1 aliphatic rings. The number of nitrogens with one attached hydrogen (secondary N) is 2. The number of hydrogen-bond donors (Lipinski definition) is 4. The number of carbonyl (C=O) groups is 3. The van der Waals surface area contributed by atoms with Gasteiger partial charge in [-0.25, -0.2) is 4.79 Å². The van der Waals surface area contributed by atoms with Crippen molar-refractivity contribution in [1.29, 1.82) is 0 Å². The highest BCUT2D eigenvalue weighted by Crippen LogP contribution is 2.46. The van der Waals surface area contributed by atoms with Gasteiger partial charge in [0, 0.05) is 44.2 Å². The topological polar surface area (TPSA) is 158 Å².